The Morgan fingerprint density at radius 2 is 1.96 bits per heavy atom. The van der Waals surface area contributed by atoms with Crippen molar-refractivity contribution in [2.75, 3.05) is 0 Å². The molecule has 4 rings (SSSR count). The van der Waals surface area contributed by atoms with Crippen LogP contribution in [0, 0.1) is 11.3 Å². The minimum atomic E-state index is -0.454. The number of benzene rings is 1. The van der Waals surface area contributed by atoms with E-state index in [-0.39, 0.29) is 6.10 Å². The van der Waals surface area contributed by atoms with E-state index in [4.69, 9.17) is 5.10 Å². The molecular weight excluding hydrogens is 310 g/mol. The van der Waals surface area contributed by atoms with Gasteiger partial charge in [-0.3, -0.25) is 4.68 Å². The summed E-state index contributed by atoms with van der Waals surface area (Å²) in [5.41, 5.74) is 3.02. The van der Waals surface area contributed by atoms with Crippen molar-refractivity contribution in [2.24, 2.45) is 0 Å². The lowest BCUT2D eigenvalue weighted by Gasteiger charge is -2.33. The lowest BCUT2D eigenvalue weighted by molar-refractivity contribution is 0.109. The van der Waals surface area contributed by atoms with Gasteiger partial charge in [0.05, 0.1) is 34.8 Å². The van der Waals surface area contributed by atoms with E-state index in [9.17, 15) is 10.4 Å². The molecule has 0 radical (unpaired) electrons. The number of aryl methyl sites for hydroxylation is 1. The predicted molar refractivity (Wildman–Crippen MR) is 98.4 cm³/mol. The maximum atomic E-state index is 9.93. The van der Waals surface area contributed by atoms with E-state index < -0.39 is 5.41 Å². The zero-order chi connectivity index (χ0) is 17.4. The molecule has 2 aliphatic carbocycles. The normalized spacial score (nSPS) is 27.6. The Morgan fingerprint density at radius 3 is 2.60 bits per heavy atom. The molecule has 0 bridgehead atoms. The van der Waals surface area contributed by atoms with Crippen LogP contribution in [0.2, 0.25) is 0 Å². The van der Waals surface area contributed by atoms with E-state index in [1.165, 1.54) is 42.3 Å². The third kappa shape index (κ3) is 2.75. The van der Waals surface area contributed by atoms with Crippen LogP contribution < -0.4 is 0 Å². The highest BCUT2D eigenvalue weighted by Crippen LogP contribution is 2.41. The summed E-state index contributed by atoms with van der Waals surface area (Å²) < 4.78 is 2.24. The van der Waals surface area contributed by atoms with Gasteiger partial charge in [0.2, 0.25) is 0 Å². The van der Waals surface area contributed by atoms with Gasteiger partial charge in [-0.1, -0.05) is 31.9 Å². The summed E-state index contributed by atoms with van der Waals surface area (Å²) in [6.07, 6.45) is 8.59. The molecule has 1 heterocycles. The van der Waals surface area contributed by atoms with Gasteiger partial charge in [0.25, 0.3) is 0 Å². The molecule has 25 heavy (non-hydrogen) atoms. The average Bonchev–Trinajstić information content (AvgIpc) is 3.29. The topological polar surface area (TPSA) is 61.8 Å². The Hall–Kier alpha value is -1.86. The Kier molecular flexibility index (Phi) is 4.29. The molecule has 0 aliphatic heterocycles. The lowest BCUT2D eigenvalue weighted by Crippen LogP contribution is -2.32. The second kappa shape index (κ2) is 6.46. The van der Waals surface area contributed by atoms with E-state index in [1.807, 2.05) is 0 Å². The first-order chi connectivity index (χ1) is 12.2. The van der Waals surface area contributed by atoms with Gasteiger partial charge in [-0.15, -0.1) is 0 Å². The van der Waals surface area contributed by atoms with Crippen molar-refractivity contribution in [3.05, 3.63) is 29.5 Å². The minimum Gasteiger partial charge on any atom is -0.393 e. The van der Waals surface area contributed by atoms with Crippen molar-refractivity contribution < 1.29 is 5.11 Å². The van der Waals surface area contributed by atoms with E-state index in [2.05, 4.69) is 35.9 Å². The maximum Gasteiger partial charge on any atom is 0.0825 e. The summed E-state index contributed by atoms with van der Waals surface area (Å²) >= 11 is 0. The van der Waals surface area contributed by atoms with Gasteiger partial charge in [-0.05, 0) is 56.6 Å². The number of hydrogen-bond acceptors (Lipinski definition) is 3. The number of aromatic nitrogens is 2. The number of nitrogens with zero attached hydrogens (tertiary/aromatic N) is 3. The van der Waals surface area contributed by atoms with Crippen molar-refractivity contribution >= 4 is 10.9 Å². The Labute approximate surface area is 149 Å². The Bertz CT molecular complexity index is 802. The highest BCUT2D eigenvalue weighted by atomic mass is 16.3. The van der Waals surface area contributed by atoms with Crippen LogP contribution in [-0.4, -0.2) is 21.0 Å². The summed E-state index contributed by atoms with van der Waals surface area (Å²) in [6.45, 7) is 2.16. The van der Waals surface area contributed by atoms with Crippen LogP contribution in [0.4, 0.5) is 0 Å². The molecule has 4 nitrogen and oxygen atoms in total. The molecule has 1 aromatic carbocycles. The number of hydrogen-bond donors (Lipinski definition) is 1. The van der Waals surface area contributed by atoms with Crippen molar-refractivity contribution in [3.63, 3.8) is 0 Å². The van der Waals surface area contributed by atoms with E-state index in [1.54, 1.807) is 0 Å². The van der Waals surface area contributed by atoms with Crippen LogP contribution in [0.25, 0.3) is 10.9 Å². The molecule has 2 aliphatic rings. The van der Waals surface area contributed by atoms with Crippen molar-refractivity contribution in [2.45, 2.75) is 82.3 Å². The minimum absolute atomic E-state index is 0.249. The first kappa shape index (κ1) is 16.6. The molecular formula is C21H27N3O. The zero-order valence-corrected chi connectivity index (χ0v) is 15.0. The van der Waals surface area contributed by atoms with Crippen molar-refractivity contribution in [1.29, 1.82) is 5.26 Å². The lowest BCUT2D eigenvalue weighted by atomic mass is 9.69. The third-order valence-corrected chi connectivity index (χ3v) is 6.36. The molecule has 2 saturated carbocycles. The monoisotopic (exact) mass is 337 g/mol. The Balaban J connectivity index is 1.81. The molecule has 0 unspecified atom stereocenters. The van der Waals surface area contributed by atoms with Crippen LogP contribution >= 0.6 is 0 Å². The largest absolute Gasteiger partial charge is 0.393 e. The molecule has 2 fully saturated rings. The molecule has 2 aromatic rings. The molecule has 0 saturated heterocycles. The zero-order valence-electron chi connectivity index (χ0n) is 15.0. The van der Waals surface area contributed by atoms with Gasteiger partial charge in [-0.2, -0.15) is 10.4 Å². The van der Waals surface area contributed by atoms with Crippen LogP contribution in [0.5, 0.6) is 0 Å². The summed E-state index contributed by atoms with van der Waals surface area (Å²) in [5.74, 6) is 0. The summed E-state index contributed by atoms with van der Waals surface area (Å²) in [6, 6.07) is 9.62. The van der Waals surface area contributed by atoms with E-state index >= 15 is 0 Å². The summed E-state index contributed by atoms with van der Waals surface area (Å²) in [4.78, 5) is 0. The fraction of sp³-hybridized carbons (Fsp3) is 0.619. The Morgan fingerprint density at radius 1 is 1.24 bits per heavy atom. The molecule has 0 spiro atoms. The van der Waals surface area contributed by atoms with Gasteiger partial charge >= 0.3 is 0 Å². The number of aliphatic hydroxyl groups excluding tert-OH is 1. The predicted octanol–water partition coefficient (Wildman–Crippen LogP) is 4.41. The van der Waals surface area contributed by atoms with E-state index in [0.29, 0.717) is 18.9 Å². The highest BCUT2D eigenvalue weighted by Gasteiger charge is 2.37. The third-order valence-electron chi connectivity index (χ3n) is 6.36. The van der Waals surface area contributed by atoms with Crippen LogP contribution in [0.15, 0.2) is 18.2 Å². The van der Waals surface area contributed by atoms with Gasteiger partial charge in [0.15, 0.2) is 0 Å². The average molecular weight is 337 g/mol. The number of rotatable bonds is 3. The molecule has 0 atom stereocenters. The molecule has 0 amide bonds. The van der Waals surface area contributed by atoms with E-state index in [0.717, 1.165) is 24.8 Å². The van der Waals surface area contributed by atoms with Crippen molar-refractivity contribution in [1.82, 2.24) is 9.78 Å². The molecule has 1 aromatic heterocycles. The molecule has 132 valence electrons. The van der Waals surface area contributed by atoms with Gasteiger partial charge in [-0.25, -0.2) is 0 Å². The molecule has 1 N–H and O–H groups in total. The fourth-order valence-corrected chi connectivity index (χ4v) is 4.75. The SMILES string of the molecule is CCc1nn(C2CCCC2)c2cc([C@]3(C#N)CC[C@@H](O)CC3)ccc12. The number of aliphatic hydroxyl groups is 1. The number of fused-ring (bicyclic) bond motifs is 1. The first-order valence-electron chi connectivity index (χ1n) is 9.78. The van der Waals surface area contributed by atoms with Crippen LogP contribution in [-0.2, 0) is 11.8 Å². The van der Waals surface area contributed by atoms with Crippen LogP contribution in [0.3, 0.4) is 0 Å². The van der Waals surface area contributed by atoms with Crippen molar-refractivity contribution in [3.8, 4) is 6.07 Å². The van der Waals surface area contributed by atoms with Gasteiger partial charge in [0.1, 0.15) is 0 Å². The summed E-state index contributed by atoms with van der Waals surface area (Å²) in [5, 5.41) is 26.0. The summed E-state index contributed by atoms with van der Waals surface area (Å²) in [7, 11) is 0. The van der Waals surface area contributed by atoms with Gasteiger partial charge < -0.3 is 5.11 Å². The quantitative estimate of drug-likeness (QED) is 0.902. The second-order valence-corrected chi connectivity index (χ2v) is 7.84. The van der Waals surface area contributed by atoms with Gasteiger partial charge in [0, 0.05) is 5.39 Å². The smallest absolute Gasteiger partial charge is 0.0825 e. The fourth-order valence-electron chi connectivity index (χ4n) is 4.75. The second-order valence-electron chi connectivity index (χ2n) is 7.84. The van der Waals surface area contributed by atoms with Crippen LogP contribution in [0.1, 0.15) is 75.6 Å². The molecule has 4 heteroatoms. The standard InChI is InChI=1S/C21H27N3O/c1-2-19-18-8-7-15(21(14-22)11-9-17(25)10-12-21)13-20(18)24(23-19)16-5-3-4-6-16/h7-8,13,16-17,25H,2-6,9-12H2,1H3/t17-,21-. The number of nitriles is 1. The highest BCUT2D eigenvalue weighted by molar-refractivity contribution is 5.83. The first-order valence-corrected chi connectivity index (χ1v) is 9.78. The maximum absolute atomic E-state index is 9.93.